The number of carbonyl (C=O) groups is 1. The molecule has 0 amide bonds. The van der Waals surface area contributed by atoms with Crippen LogP contribution in [0.5, 0.6) is 0 Å². The predicted octanol–water partition coefficient (Wildman–Crippen LogP) is 5.10. The molecule has 2 heteroatoms. The summed E-state index contributed by atoms with van der Waals surface area (Å²) in [4.78, 5) is 11.6. The number of carbonyl (C=O) groups excluding carboxylic acids is 1. The Morgan fingerprint density at radius 3 is 2.48 bits per heavy atom. The third-order valence-electron chi connectivity index (χ3n) is 9.61. The molecular formula is C21H32O2. The van der Waals surface area contributed by atoms with Crippen LogP contribution >= 0.6 is 0 Å². The Labute approximate surface area is 140 Å². The van der Waals surface area contributed by atoms with Gasteiger partial charge in [-0.2, -0.15) is 0 Å². The first kappa shape index (κ1) is 14.8. The van der Waals surface area contributed by atoms with E-state index in [4.69, 9.17) is 4.74 Å². The molecule has 1 unspecified atom stereocenters. The summed E-state index contributed by atoms with van der Waals surface area (Å²) in [6.45, 7) is 5.12. The van der Waals surface area contributed by atoms with Crippen molar-refractivity contribution >= 4 is 5.97 Å². The van der Waals surface area contributed by atoms with Crippen LogP contribution < -0.4 is 0 Å². The molecule has 0 bridgehead atoms. The molecule has 0 aromatic carbocycles. The molecule has 0 aromatic rings. The number of fused-ring (bicyclic) bond motifs is 6. The second-order valence-corrected chi connectivity index (χ2v) is 10.0. The topological polar surface area (TPSA) is 26.3 Å². The fourth-order valence-electron chi connectivity index (χ4n) is 8.29. The lowest BCUT2D eigenvalue weighted by Crippen LogP contribution is -2.61. The van der Waals surface area contributed by atoms with Gasteiger partial charge in [0.15, 0.2) is 0 Å². The van der Waals surface area contributed by atoms with Gasteiger partial charge in [0, 0.05) is 5.41 Å². The van der Waals surface area contributed by atoms with Gasteiger partial charge in [0.25, 0.3) is 0 Å². The Morgan fingerprint density at radius 2 is 1.70 bits per heavy atom. The van der Waals surface area contributed by atoms with Crippen molar-refractivity contribution in [3.63, 3.8) is 0 Å². The normalized spacial score (nSPS) is 57.9. The van der Waals surface area contributed by atoms with Gasteiger partial charge in [-0.25, -0.2) is 0 Å². The van der Waals surface area contributed by atoms with E-state index in [9.17, 15) is 4.79 Å². The molecule has 0 aromatic heterocycles. The molecule has 1 saturated heterocycles. The highest BCUT2D eigenvalue weighted by atomic mass is 16.6. The minimum atomic E-state index is -0.0654. The molecule has 0 radical (unpaired) electrons. The number of hydrogen-bond donors (Lipinski definition) is 0. The van der Waals surface area contributed by atoms with Crippen molar-refractivity contribution in [2.24, 2.45) is 34.5 Å². The summed E-state index contributed by atoms with van der Waals surface area (Å²) in [5, 5.41) is 0. The van der Waals surface area contributed by atoms with E-state index in [2.05, 4.69) is 13.8 Å². The van der Waals surface area contributed by atoms with Gasteiger partial charge in [0.1, 0.15) is 5.60 Å². The Balaban J connectivity index is 1.46. The lowest BCUT2D eigenvalue weighted by Gasteiger charge is -2.62. The van der Waals surface area contributed by atoms with Crippen molar-refractivity contribution < 1.29 is 9.53 Å². The average Bonchev–Trinajstić information content (AvgIpc) is 2.80. The van der Waals surface area contributed by atoms with E-state index in [-0.39, 0.29) is 17.0 Å². The minimum absolute atomic E-state index is 0.0527. The lowest BCUT2D eigenvalue weighted by molar-refractivity contribution is -0.227. The molecule has 2 nitrogen and oxygen atoms in total. The highest BCUT2D eigenvalue weighted by Crippen LogP contribution is 2.70. The van der Waals surface area contributed by atoms with Crippen LogP contribution in [0.3, 0.4) is 0 Å². The summed E-state index contributed by atoms with van der Waals surface area (Å²) in [7, 11) is 0. The second-order valence-electron chi connectivity index (χ2n) is 10.0. The molecule has 1 heterocycles. The van der Waals surface area contributed by atoms with E-state index in [1.807, 2.05) is 0 Å². The van der Waals surface area contributed by atoms with Crippen molar-refractivity contribution in [2.75, 3.05) is 0 Å². The monoisotopic (exact) mass is 316 g/mol. The molecule has 7 atom stereocenters. The zero-order valence-corrected chi connectivity index (χ0v) is 14.9. The van der Waals surface area contributed by atoms with Crippen LogP contribution in [0.25, 0.3) is 0 Å². The van der Waals surface area contributed by atoms with Crippen LogP contribution in [0.2, 0.25) is 0 Å². The average molecular weight is 316 g/mol. The third-order valence-corrected chi connectivity index (χ3v) is 9.61. The molecule has 4 saturated carbocycles. The molecule has 1 spiro atoms. The lowest BCUT2D eigenvalue weighted by atomic mass is 9.44. The molecule has 1 aliphatic heterocycles. The zero-order valence-electron chi connectivity index (χ0n) is 14.9. The van der Waals surface area contributed by atoms with Gasteiger partial charge in [-0.1, -0.05) is 26.7 Å². The molecule has 128 valence electrons. The smallest absolute Gasteiger partial charge is 0.310 e. The van der Waals surface area contributed by atoms with Gasteiger partial charge in [0.2, 0.25) is 0 Å². The molecule has 23 heavy (non-hydrogen) atoms. The summed E-state index contributed by atoms with van der Waals surface area (Å²) in [6, 6.07) is 0. The fraction of sp³-hybridized carbons (Fsp3) is 0.952. The number of hydrogen-bond acceptors (Lipinski definition) is 2. The zero-order chi connectivity index (χ0) is 15.9. The van der Waals surface area contributed by atoms with E-state index >= 15 is 0 Å². The largest absolute Gasteiger partial charge is 0.458 e. The van der Waals surface area contributed by atoms with E-state index in [0.717, 1.165) is 30.1 Å². The molecule has 5 rings (SSSR count). The standard InChI is InChI=1S/C21H32O2/c1-19-10-4-3-5-14(19)6-7-15-16(19)8-11-20(2)17(15)9-12-21(20)13-18(22)23-21/h14-17H,3-13H2,1-2H3/t14?,15-,16+,17+,19+,20+,21+/m1/s1. The van der Waals surface area contributed by atoms with Crippen molar-refractivity contribution in [1.29, 1.82) is 0 Å². The fourth-order valence-corrected chi connectivity index (χ4v) is 8.29. The third kappa shape index (κ3) is 1.69. The van der Waals surface area contributed by atoms with Crippen molar-refractivity contribution in [3.05, 3.63) is 0 Å². The van der Waals surface area contributed by atoms with Gasteiger partial charge in [-0.3, -0.25) is 4.79 Å². The molecule has 5 aliphatic rings. The second kappa shape index (κ2) is 4.55. The first-order chi connectivity index (χ1) is 11.0. The van der Waals surface area contributed by atoms with Crippen molar-refractivity contribution in [3.8, 4) is 0 Å². The Bertz CT molecular complexity index is 532. The van der Waals surface area contributed by atoms with Crippen LogP contribution in [0.15, 0.2) is 0 Å². The SMILES string of the molecule is C[C@]12CCCCC1CC[C@@H]1[C@@H]2CC[C@@]2(C)[C@H]1CC[C@]21CC(=O)O1. The summed E-state index contributed by atoms with van der Waals surface area (Å²) < 4.78 is 5.83. The van der Waals surface area contributed by atoms with Crippen LogP contribution in [-0.2, 0) is 9.53 Å². The van der Waals surface area contributed by atoms with E-state index in [1.165, 1.54) is 57.8 Å². The maximum Gasteiger partial charge on any atom is 0.310 e. The summed E-state index contributed by atoms with van der Waals surface area (Å²) in [5.74, 6) is 3.72. The molecule has 0 N–H and O–H groups in total. The Morgan fingerprint density at radius 1 is 0.913 bits per heavy atom. The maximum atomic E-state index is 11.6. The number of esters is 1. The van der Waals surface area contributed by atoms with Crippen LogP contribution in [0, 0.1) is 34.5 Å². The predicted molar refractivity (Wildman–Crippen MR) is 89.8 cm³/mol. The summed E-state index contributed by atoms with van der Waals surface area (Å²) in [5.41, 5.74) is 0.832. The molecule has 4 aliphatic carbocycles. The van der Waals surface area contributed by atoms with E-state index in [0.29, 0.717) is 11.8 Å². The Kier molecular flexibility index (Phi) is 2.92. The van der Waals surface area contributed by atoms with Crippen molar-refractivity contribution in [2.45, 2.75) is 90.1 Å². The molecular weight excluding hydrogens is 284 g/mol. The van der Waals surface area contributed by atoms with Crippen LogP contribution in [-0.4, -0.2) is 11.6 Å². The van der Waals surface area contributed by atoms with Gasteiger partial charge in [-0.15, -0.1) is 0 Å². The van der Waals surface area contributed by atoms with Crippen LogP contribution in [0.4, 0.5) is 0 Å². The van der Waals surface area contributed by atoms with Gasteiger partial charge in [-0.05, 0) is 80.5 Å². The van der Waals surface area contributed by atoms with Gasteiger partial charge in [0.05, 0.1) is 6.42 Å². The first-order valence-corrected chi connectivity index (χ1v) is 10.2. The van der Waals surface area contributed by atoms with E-state index < -0.39 is 0 Å². The summed E-state index contributed by atoms with van der Waals surface area (Å²) >= 11 is 0. The Hall–Kier alpha value is -0.530. The van der Waals surface area contributed by atoms with E-state index in [1.54, 1.807) is 0 Å². The minimum Gasteiger partial charge on any atom is -0.458 e. The highest BCUT2D eigenvalue weighted by Gasteiger charge is 2.69. The van der Waals surface area contributed by atoms with Crippen molar-refractivity contribution in [1.82, 2.24) is 0 Å². The first-order valence-electron chi connectivity index (χ1n) is 10.2. The number of rotatable bonds is 0. The quantitative estimate of drug-likeness (QED) is 0.581. The van der Waals surface area contributed by atoms with Gasteiger partial charge < -0.3 is 4.74 Å². The molecule has 5 fully saturated rings. The number of ether oxygens (including phenoxy) is 1. The van der Waals surface area contributed by atoms with Crippen LogP contribution in [0.1, 0.15) is 84.5 Å². The maximum absolute atomic E-state index is 11.6. The highest BCUT2D eigenvalue weighted by molar-refractivity contribution is 5.77. The summed E-state index contributed by atoms with van der Waals surface area (Å²) in [6.07, 6.45) is 14.7. The van der Waals surface area contributed by atoms with Gasteiger partial charge >= 0.3 is 5.97 Å².